The summed E-state index contributed by atoms with van der Waals surface area (Å²) in [7, 11) is 3.69. The lowest BCUT2D eigenvalue weighted by atomic mass is 9.90. The van der Waals surface area contributed by atoms with Crippen molar-refractivity contribution in [1.82, 2.24) is 20.1 Å². The zero-order valence-corrected chi connectivity index (χ0v) is 10.7. The van der Waals surface area contributed by atoms with Crippen LogP contribution in [0.2, 0.25) is 0 Å². The molecule has 0 amide bonds. The summed E-state index contributed by atoms with van der Waals surface area (Å²) in [5.41, 5.74) is 0.245. The second-order valence-electron chi connectivity index (χ2n) is 4.87. The van der Waals surface area contributed by atoms with Crippen LogP contribution in [-0.2, 0) is 18.3 Å². The average molecular weight is 226 g/mol. The molecule has 0 aliphatic heterocycles. The van der Waals surface area contributed by atoms with Crippen molar-refractivity contribution in [2.45, 2.75) is 26.8 Å². The van der Waals surface area contributed by atoms with Crippen LogP contribution in [-0.4, -0.2) is 35.0 Å². The van der Waals surface area contributed by atoms with Crippen LogP contribution in [0.25, 0.3) is 0 Å². The molecule has 1 heterocycles. The molecule has 1 aromatic heterocycles. The van der Waals surface area contributed by atoms with Gasteiger partial charge >= 0.3 is 0 Å². The van der Waals surface area contributed by atoms with E-state index in [1.807, 2.05) is 11.6 Å². The Labute approximate surface area is 97.2 Å². The number of aryl methyl sites for hydroxylation is 1. The van der Waals surface area contributed by atoms with E-state index in [0.717, 1.165) is 31.9 Å². The molecule has 0 saturated heterocycles. The Morgan fingerprint density at radius 1 is 1.50 bits per heavy atom. The van der Waals surface area contributed by atoms with E-state index >= 15 is 0 Å². The quantitative estimate of drug-likeness (QED) is 0.752. The summed E-state index contributed by atoms with van der Waals surface area (Å²) in [6.07, 6.45) is 2.77. The lowest BCUT2D eigenvalue weighted by Gasteiger charge is -2.24. The maximum Gasteiger partial charge on any atom is 0.146 e. The molecule has 5 heteroatoms. The fourth-order valence-corrected chi connectivity index (χ4v) is 1.45. The summed E-state index contributed by atoms with van der Waals surface area (Å²) in [5, 5.41) is 11.3. The van der Waals surface area contributed by atoms with Crippen molar-refractivity contribution in [2.24, 2.45) is 12.5 Å². The van der Waals surface area contributed by atoms with Gasteiger partial charge in [-0.1, -0.05) is 13.8 Å². The number of methoxy groups -OCH3 is 1. The Morgan fingerprint density at radius 2 is 2.25 bits per heavy atom. The average Bonchev–Trinajstić information content (AvgIpc) is 2.62. The van der Waals surface area contributed by atoms with Gasteiger partial charge in [0.05, 0.1) is 6.54 Å². The van der Waals surface area contributed by atoms with Crippen molar-refractivity contribution in [3.8, 4) is 0 Å². The Hall–Kier alpha value is -0.940. The van der Waals surface area contributed by atoms with E-state index in [2.05, 4.69) is 29.4 Å². The van der Waals surface area contributed by atoms with Gasteiger partial charge in [0.25, 0.3) is 0 Å². The molecule has 1 aromatic rings. The van der Waals surface area contributed by atoms with Crippen LogP contribution in [0.5, 0.6) is 0 Å². The second kappa shape index (κ2) is 5.96. The zero-order chi connectivity index (χ0) is 12.0. The normalized spacial score (nSPS) is 12.0. The van der Waals surface area contributed by atoms with Crippen LogP contribution >= 0.6 is 0 Å². The summed E-state index contributed by atoms with van der Waals surface area (Å²) in [5.74, 6) is 0.961. The molecular weight excluding hydrogens is 204 g/mol. The number of nitrogens with zero attached hydrogens (tertiary/aromatic N) is 3. The van der Waals surface area contributed by atoms with Crippen LogP contribution in [0.3, 0.4) is 0 Å². The highest BCUT2D eigenvalue weighted by molar-refractivity contribution is 4.84. The van der Waals surface area contributed by atoms with E-state index in [1.54, 1.807) is 13.4 Å². The van der Waals surface area contributed by atoms with Crippen LogP contribution in [0.1, 0.15) is 26.1 Å². The first kappa shape index (κ1) is 13.1. The van der Waals surface area contributed by atoms with E-state index in [1.165, 1.54) is 0 Å². The monoisotopic (exact) mass is 226 g/mol. The predicted octanol–water partition coefficient (Wildman–Crippen LogP) is 0.967. The molecule has 0 aromatic carbocycles. The number of hydrogen-bond donors (Lipinski definition) is 1. The largest absolute Gasteiger partial charge is 0.385 e. The van der Waals surface area contributed by atoms with Gasteiger partial charge in [0, 0.05) is 27.3 Å². The molecule has 1 N–H and O–H groups in total. The smallest absolute Gasteiger partial charge is 0.146 e. The molecule has 0 aliphatic rings. The minimum atomic E-state index is 0.245. The van der Waals surface area contributed by atoms with E-state index in [0.29, 0.717) is 0 Å². The summed E-state index contributed by atoms with van der Waals surface area (Å²) in [6.45, 7) is 6.97. The van der Waals surface area contributed by atoms with E-state index < -0.39 is 0 Å². The van der Waals surface area contributed by atoms with E-state index in [-0.39, 0.29) is 5.41 Å². The Morgan fingerprint density at radius 3 is 2.81 bits per heavy atom. The van der Waals surface area contributed by atoms with Crippen molar-refractivity contribution in [3.63, 3.8) is 0 Å². The van der Waals surface area contributed by atoms with Crippen molar-refractivity contribution < 1.29 is 4.74 Å². The molecule has 0 radical (unpaired) electrons. The first-order valence-electron chi connectivity index (χ1n) is 5.58. The van der Waals surface area contributed by atoms with E-state index in [9.17, 15) is 0 Å². The Balaban J connectivity index is 2.27. The molecule has 0 atom stereocenters. The summed E-state index contributed by atoms with van der Waals surface area (Å²) in [6, 6.07) is 0. The molecule has 0 spiro atoms. The van der Waals surface area contributed by atoms with Gasteiger partial charge in [0.2, 0.25) is 0 Å². The van der Waals surface area contributed by atoms with Crippen molar-refractivity contribution >= 4 is 0 Å². The van der Waals surface area contributed by atoms with Crippen LogP contribution in [0.15, 0.2) is 6.33 Å². The molecule has 92 valence electrons. The van der Waals surface area contributed by atoms with Gasteiger partial charge in [-0.2, -0.15) is 0 Å². The predicted molar refractivity (Wildman–Crippen MR) is 63.0 cm³/mol. The molecule has 16 heavy (non-hydrogen) atoms. The topological polar surface area (TPSA) is 52.0 Å². The number of rotatable bonds is 7. The molecule has 1 rings (SSSR count). The lowest BCUT2D eigenvalue weighted by molar-refractivity contribution is 0.150. The summed E-state index contributed by atoms with van der Waals surface area (Å²) in [4.78, 5) is 0. The second-order valence-corrected chi connectivity index (χ2v) is 4.87. The maximum absolute atomic E-state index is 5.09. The number of aromatic nitrogens is 3. The fourth-order valence-electron chi connectivity index (χ4n) is 1.45. The summed E-state index contributed by atoms with van der Waals surface area (Å²) < 4.78 is 7.02. The standard InChI is InChI=1S/C11H22N4O/c1-11(2,5-6-16-4)8-12-7-10-14-13-9-15(10)3/h9,12H,5-8H2,1-4H3. The Bertz CT molecular complexity index is 309. The van der Waals surface area contributed by atoms with Gasteiger partial charge in [-0.25, -0.2) is 0 Å². The molecular formula is C11H22N4O. The molecule has 5 nitrogen and oxygen atoms in total. The third kappa shape index (κ3) is 4.28. The van der Waals surface area contributed by atoms with Crippen LogP contribution in [0.4, 0.5) is 0 Å². The zero-order valence-electron chi connectivity index (χ0n) is 10.7. The Kier molecular flexibility index (Phi) is 4.89. The van der Waals surface area contributed by atoms with Crippen molar-refractivity contribution in [1.29, 1.82) is 0 Å². The number of hydrogen-bond acceptors (Lipinski definition) is 4. The highest BCUT2D eigenvalue weighted by atomic mass is 16.5. The third-order valence-corrected chi connectivity index (χ3v) is 2.67. The fraction of sp³-hybridized carbons (Fsp3) is 0.818. The van der Waals surface area contributed by atoms with Crippen LogP contribution < -0.4 is 5.32 Å². The minimum Gasteiger partial charge on any atom is -0.385 e. The first-order valence-corrected chi connectivity index (χ1v) is 5.58. The van der Waals surface area contributed by atoms with Gasteiger partial charge in [-0.15, -0.1) is 10.2 Å². The number of nitrogens with one attached hydrogen (secondary N) is 1. The van der Waals surface area contributed by atoms with Crippen molar-refractivity contribution in [2.75, 3.05) is 20.3 Å². The first-order chi connectivity index (χ1) is 7.55. The van der Waals surface area contributed by atoms with Gasteiger partial charge in [-0.05, 0) is 11.8 Å². The lowest BCUT2D eigenvalue weighted by Crippen LogP contribution is -2.30. The molecule has 0 fully saturated rings. The van der Waals surface area contributed by atoms with Gasteiger partial charge in [0.15, 0.2) is 0 Å². The van der Waals surface area contributed by atoms with Crippen molar-refractivity contribution in [3.05, 3.63) is 12.2 Å². The third-order valence-electron chi connectivity index (χ3n) is 2.67. The van der Waals surface area contributed by atoms with E-state index in [4.69, 9.17) is 4.74 Å². The summed E-state index contributed by atoms with van der Waals surface area (Å²) >= 11 is 0. The highest BCUT2D eigenvalue weighted by Gasteiger charge is 2.17. The SMILES string of the molecule is COCCC(C)(C)CNCc1nncn1C. The molecule has 0 saturated carbocycles. The van der Waals surface area contributed by atoms with Gasteiger partial charge < -0.3 is 14.6 Å². The molecule has 0 bridgehead atoms. The molecule has 0 unspecified atom stereocenters. The van der Waals surface area contributed by atoms with Gasteiger partial charge in [-0.3, -0.25) is 0 Å². The highest BCUT2D eigenvalue weighted by Crippen LogP contribution is 2.18. The molecule has 0 aliphatic carbocycles. The number of ether oxygens (including phenoxy) is 1. The van der Waals surface area contributed by atoms with Gasteiger partial charge in [0.1, 0.15) is 12.2 Å². The maximum atomic E-state index is 5.09. The minimum absolute atomic E-state index is 0.245. The van der Waals surface area contributed by atoms with Crippen LogP contribution in [0, 0.1) is 5.41 Å².